The highest BCUT2D eigenvalue weighted by molar-refractivity contribution is 5.67. The number of halogens is 1. The Bertz CT molecular complexity index is 559. The smallest absolute Gasteiger partial charge is 0.148 e. The Morgan fingerprint density at radius 1 is 1.16 bits per heavy atom. The second kappa shape index (κ2) is 5.28. The SMILES string of the molecule is CC(CO)(Nc1cccc(F)c1N)c1ccccc1. The lowest BCUT2D eigenvalue weighted by Crippen LogP contribution is -2.36. The molecule has 1 atom stereocenters. The van der Waals surface area contributed by atoms with E-state index in [9.17, 15) is 9.50 Å². The maximum atomic E-state index is 13.4. The van der Waals surface area contributed by atoms with Gasteiger partial charge in [0.05, 0.1) is 23.5 Å². The summed E-state index contributed by atoms with van der Waals surface area (Å²) in [5.41, 5.74) is 6.41. The zero-order valence-corrected chi connectivity index (χ0v) is 10.7. The van der Waals surface area contributed by atoms with Gasteiger partial charge < -0.3 is 16.2 Å². The topological polar surface area (TPSA) is 58.3 Å². The molecular formula is C15H17FN2O. The first-order chi connectivity index (χ1) is 9.07. The first-order valence-corrected chi connectivity index (χ1v) is 6.05. The minimum atomic E-state index is -0.719. The number of rotatable bonds is 4. The highest BCUT2D eigenvalue weighted by atomic mass is 19.1. The van der Waals surface area contributed by atoms with Gasteiger partial charge in [-0.2, -0.15) is 0 Å². The molecule has 0 aromatic heterocycles. The summed E-state index contributed by atoms with van der Waals surface area (Å²) in [6.07, 6.45) is 0. The first-order valence-electron chi connectivity index (χ1n) is 6.05. The van der Waals surface area contributed by atoms with Gasteiger partial charge in [0.15, 0.2) is 0 Å². The molecule has 0 amide bonds. The third-order valence-electron chi connectivity index (χ3n) is 3.19. The van der Waals surface area contributed by atoms with Crippen molar-refractivity contribution in [3.63, 3.8) is 0 Å². The zero-order chi connectivity index (χ0) is 13.9. The summed E-state index contributed by atoms with van der Waals surface area (Å²) in [6.45, 7) is 1.71. The molecule has 0 aliphatic heterocycles. The van der Waals surface area contributed by atoms with E-state index in [4.69, 9.17) is 5.73 Å². The second-order valence-electron chi connectivity index (χ2n) is 4.68. The van der Waals surface area contributed by atoms with Gasteiger partial charge in [-0.3, -0.25) is 0 Å². The molecule has 1 unspecified atom stereocenters. The Morgan fingerprint density at radius 3 is 2.47 bits per heavy atom. The summed E-state index contributed by atoms with van der Waals surface area (Å²) < 4.78 is 13.4. The van der Waals surface area contributed by atoms with E-state index in [2.05, 4.69) is 5.32 Å². The van der Waals surface area contributed by atoms with E-state index in [0.717, 1.165) is 5.56 Å². The van der Waals surface area contributed by atoms with Crippen molar-refractivity contribution in [2.24, 2.45) is 0 Å². The molecule has 19 heavy (non-hydrogen) atoms. The molecule has 0 fully saturated rings. The zero-order valence-electron chi connectivity index (χ0n) is 10.7. The normalized spacial score (nSPS) is 13.8. The van der Waals surface area contributed by atoms with Crippen molar-refractivity contribution in [3.8, 4) is 0 Å². The molecule has 0 saturated carbocycles. The van der Waals surface area contributed by atoms with E-state index >= 15 is 0 Å². The summed E-state index contributed by atoms with van der Waals surface area (Å²) >= 11 is 0. The number of hydrogen-bond donors (Lipinski definition) is 3. The standard InChI is InChI=1S/C15H17FN2O/c1-15(10-19,11-6-3-2-4-7-11)18-13-9-5-8-12(16)14(13)17/h2-9,18-19H,10,17H2,1H3. The van der Waals surface area contributed by atoms with Crippen molar-refractivity contribution in [2.75, 3.05) is 17.7 Å². The van der Waals surface area contributed by atoms with E-state index in [1.807, 2.05) is 37.3 Å². The molecule has 0 spiro atoms. The lowest BCUT2D eigenvalue weighted by atomic mass is 9.92. The van der Waals surface area contributed by atoms with Gasteiger partial charge in [0.2, 0.25) is 0 Å². The number of anilines is 2. The van der Waals surface area contributed by atoms with Crippen LogP contribution in [0.1, 0.15) is 12.5 Å². The molecule has 4 heteroatoms. The number of aliphatic hydroxyl groups excluding tert-OH is 1. The first kappa shape index (κ1) is 13.4. The lowest BCUT2D eigenvalue weighted by Gasteiger charge is -2.31. The largest absolute Gasteiger partial charge is 0.395 e. The molecule has 0 radical (unpaired) electrons. The van der Waals surface area contributed by atoms with Gasteiger partial charge in [0.25, 0.3) is 0 Å². The number of hydrogen-bond acceptors (Lipinski definition) is 3. The predicted molar refractivity (Wildman–Crippen MR) is 75.3 cm³/mol. The average molecular weight is 260 g/mol. The number of nitrogen functional groups attached to an aromatic ring is 1. The van der Waals surface area contributed by atoms with Crippen molar-refractivity contribution in [1.29, 1.82) is 0 Å². The fraction of sp³-hybridized carbons (Fsp3) is 0.200. The van der Waals surface area contributed by atoms with E-state index in [1.165, 1.54) is 6.07 Å². The highest BCUT2D eigenvalue weighted by Crippen LogP contribution is 2.29. The minimum absolute atomic E-state index is 0.0538. The monoisotopic (exact) mass is 260 g/mol. The minimum Gasteiger partial charge on any atom is -0.395 e. The van der Waals surface area contributed by atoms with Gasteiger partial charge in [0, 0.05) is 0 Å². The van der Waals surface area contributed by atoms with Crippen LogP contribution in [0, 0.1) is 5.82 Å². The van der Waals surface area contributed by atoms with Gasteiger partial charge in [0.1, 0.15) is 5.82 Å². The number of nitrogens with one attached hydrogen (secondary N) is 1. The van der Waals surface area contributed by atoms with Crippen LogP contribution in [0.15, 0.2) is 48.5 Å². The Labute approximate surface area is 111 Å². The van der Waals surface area contributed by atoms with Gasteiger partial charge in [-0.15, -0.1) is 0 Å². The van der Waals surface area contributed by atoms with Crippen LogP contribution in [0.4, 0.5) is 15.8 Å². The molecule has 0 saturated heterocycles. The Kier molecular flexibility index (Phi) is 3.71. The fourth-order valence-electron chi connectivity index (χ4n) is 1.95. The molecule has 2 rings (SSSR count). The van der Waals surface area contributed by atoms with Crippen LogP contribution in [0.5, 0.6) is 0 Å². The van der Waals surface area contributed by atoms with Crippen molar-refractivity contribution in [3.05, 3.63) is 59.9 Å². The molecule has 0 aliphatic carbocycles. The molecule has 0 heterocycles. The molecule has 2 aromatic carbocycles. The summed E-state index contributed by atoms with van der Waals surface area (Å²) in [5.74, 6) is -0.474. The molecule has 0 aliphatic rings. The van der Waals surface area contributed by atoms with Crippen molar-refractivity contribution >= 4 is 11.4 Å². The van der Waals surface area contributed by atoms with Crippen LogP contribution in [0.25, 0.3) is 0 Å². The fourth-order valence-corrected chi connectivity index (χ4v) is 1.95. The second-order valence-corrected chi connectivity index (χ2v) is 4.68. The third-order valence-corrected chi connectivity index (χ3v) is 3.19. The number of benzene rings is 2. The Balaban J connectivity index is 2.36. The molecule has 2 aromatic rings. The van der Waals surface area contributed by atoms with Gasteiger partial charge in [-0.1, -0.05) is 36.4 Å². The summed E-state index contributed by atoms with van der Waals surface area (Å²) in [5, 5.41) is 12.8. The Morgan fingerprint density at radius 2 is 1.84 bits per heavy atom. The number of nitrogens with two attached hydrogens (primary N) is 1. The quantitative estimate of drug-likeness (QED) is 0.741. The van der Waals surface area contributed by atoms with Gasteiger partial charge >= 0.3 is 0 Å². The molecule has 3 nitrogen and oxygen atoms in total. The summed E-state index contributed by atoms with van der Waals surface area (Å²) in [4.78, 5) is 0. The highest BCUT2D eigenvalue weighted by Gasteiger charge is 2.26. The Hall–Kier alpha value is -2.07. The van der Waals surface area contributed by atoms with E-state index in [1.54, 1.807) is 12.1 Å². The maximum Gasteiger partial charge on any atom is 0.148 e. The molecular weight excluding hydrogens is 243 g/mol. The van der Waals surface area contributed by atoms with Gasteiger partial charge in [-0.05, 0) is 24.6 Å². The summed E-state index contributed by atoms with van der Waals surface area (Å²) in [7, 11) is 0. The van der Waals surface area contributed by atoms with E-state index in [0.29, 0.717) is 5.69 Å². The van der Waals surface area contributed by atoms with Gasteiger partial charge in [-0.25, -0.2) is 4.39 Å². The van der Waals surface area contributed by atoms with Crippen molar-refractivity contribution < 1.29 is 9.50 Å². The number of aliphatic hydroxyl groups is 1. The maximum absolute atomic E-state index is 13.4. The van der Waals surface area contributed by atoms with Crippen LogP contribution < -0.4 is 11.1 Å². The van der Waals surface area contributed by atoms with Crippen LogP contribution in [0.2, 0.25) is 0 Å². The average Bonchev–Trinajstić information content (AvgIpc) is 2.45. The predicted octanol–water partition coefficient (Wildman–Crippen LogP) is 2.73. The van der Waals surface area contributed by atoms with E-state index < -0.39 is 11.4 Å². The van der Waals surface area contributed by atoms with Crippen LogP contribution in [0.3, 0.4) is 0 Å². The third kappa shape index (κ3) is 2.69. The lowest BCUT2D eigenvalue weighted by molar-refractivity contribution is 0.224. The van der Waals surface area contributed by atoms with Crippen LogP contribution >= 0.6 is 0 Å². The van der Waals surface area contributed by atoms with Crippen molar-refractivity contribution in [1.82, 2.24) is 0 Å². The molecule has 4 N–H and O–H groups in total. The van der Waals surface area contributed by atoms with Crippen LogP contribution in [-0.2, 0) is 5.54 Å². The number of para-hydroxylation sites is 1. The molecule has 0 bridgehead atoms. The summed E-state index contributed by atoms with van der Waals surface area (Å²) in [6, 6.07) is 14.1. The molecule has 100 valence electrons. The van der Waals surface area contributed by atoms with E-state index in [-0.39, 0.29) is 12.3 Å². The van der Waals surface area contributed by atoms with Crippen molar-refractivity contribution in [2.45, 2.75) is 12.5 Å². The van der Waals surface area contributed by atoms with Crippen LogP contribution in [-0.4, -0.2) is 11.7 Å².